The predicted octanol–water partition coefficient (Wildman–Crippen LogP) is 3.51. The van der Waals surface area contributed by atoms with Crippen molar-refractivity contribution in [2.24, 2.45) is 10.4 Å². The molecular weight excluding hydrogens is 398 g/mol. The van der Waals surface area contributed by atoms with Crippen LogP contribution in [0.1, 0.15) is 26.5 Å². The first kappa shape index (κ1) is 21.3. The third-order valence-electron chi connectivity index (χ3n) is 4.38. The lowest BCUT2D eigenvalue weighted by Gasteiger charge is -2.18. The van der Waals surface area contributed by atoms with Gasteiger partial charge in [-0.05, 0) is 32.9 Å². The maximum atomic E-state index is 12.2. The first-order valence-corrected chi connectivity index (χ1v) is 9.82. The van der Waals surface area contributed by atoms with Gasteiger partial charge in [0.15, 0.2) is 6.29 Å². The van der Waals surface area contributed by atoms with E-state index in [2.05, 4.69) is 9.98 Å². The summed E-state index contributed by atoms with van der Waals surface area (Å²) in [5.41, 5.74) is 0.108. The fourth-order valence-corrected chi connectivity index (χ4v) is 4.01. The van der Waals surface area contributed by atoms with Crippen LogP contribution in [0.4, 0.5) is 5.69 Å². The fraction of sp³-hybridized carbons (Fsp3) is 0.474. The minimum atomic E-state index is -0.726. The van der Waals surface area contributed by atoms with Gasteiger partial charge < -0.3 is 19.2 Å². The van der Waals surface area contributed by atoms with Crippen molar-refractivity contribution in [1.82, 2.24) is 4.98 Å². The van der Waals surface area contributed by atoms with Crippen LogP contribution >= 0.6 is 11.8 Å². The Morgan fingerprint density at radius 1 is 1.31 bits per heavy atom. The van der Waals surface area contributed by atoms with Gasteiger partial charge in [-0.15, -0.1) is 0 Å². The number of aliphatic imine (C=N–C) groups is 1. The van der Waals surface area contributed by atoms with Crippen molar-refractivity contribution in [3.8, 4) is 5.75 Å². The molecule has 0 aliphatic carbocycles. The summed E-state index contributed by atoms with van der Waals surface area (Å²) in [7, 11) is 3.14. The first-order chi connectivity index (χ1) is 13.6. The molecule has 1 aromatic heterocycles. The number of nitrogens with zero attached hydrogens (tertiary/aromatic N) is 2. The Bertz CT molecular complexity index is 974. The lowest BCUT2D eigenvalue weighted by Crippen LogP contribution is -2.28. The van der Waals surface area contributed by atoms with Gasteiger partial charge in [0.25, 0.3) is 5.69 Å². The number of carbonyl (C=O) groups excluding carboxylic acids is 1. The Balaban J connectivity index is 1.94. The van der Waals surface area contributed by atoms with E-state index in [0.29, 0.717) is 28.2 Å². The molecule has 1 atom stereocenters. The molecule has 0 bridgehead atoms. The third-order valence-corrected chi connectivity index (χ3v) is 5.62. The minimum Gasteiger partial charge on any atom is -0.426 e. The number of ether oxygens (including phenoxy) is 3. The number of non-ortho nitro benzene ring substituents is 1. The van der Waals surface area contributed by atoms with E-state index in [4.69, 9.17) is 14.2 Å². The van der Waals surface area contributed by atoms with E-state index in [9.17, 15) is 14.9 Å². The van der Waals surface area contributed by atoms with Gasteiger partial charge in [-0.3, -0.25) is 19.9 Å². The highest BCUT2D eigenvalue weighted by Gasteiger charge is 2.30. The Kier molecular flexibility index (Phi) is 5.97. The molecule has 156 valence electrons. The number of fused-ring (bicyclic) bond motifs is 1. The summed E-state index contributed by atoms with van der Waals surface area (Å²) in [5.74, 6) is -0.335. The van der Waals surface area contributed by atoms with Gasteiger partial charge in [0.05, 0.1) is 33.9 Å². The van der Waals surface area contributed by atoms with Gasteiger partial charge in [-0.1, -0.05) is 11.8 Å². The molecule has 2 aromatic rings. The summed E-state index contributed by atoms with van der Waals surface area (Å²) in [6.07, 6.45) is -0.400. The Morgan fingerprint density at radius 2 is 2.00 bits per heavy atom. The van der Waals surface area contributed by atoms with E-state index in [0.717, 1.165) is 0 Å². The molecule has 0 fully saturated rings. The molecule has 1 aliphatic heterocycles. The van der Waals surface area contributed by atoms with Crippen molar-refractivity contribution in [1.29, 1.82) is 0 Å². The summed E-state index contributed by atoms with van der Waals surface area (Å²) in [4.78, 5) is 30.8. The number of nitrogens with one attached hydrogen (secondary N) is 1. The van der Waals surface area contributed by atoms with E-state index in [1.807, 2.05) is 0 Å². The summed E-state index contributed by atoms with van der Waals surface area (Å²) < 4.78 is 15.9. The minimum absolute atomic E-state index is 0.00954. The Hall–Kier alpha value is -2.43. The molecule has 1 aliphatic rings. The highest BCUT2D eigenvalue weighted by atomic mass is 32.2. The maximum Gasteiger partial charge on any atom is 0.316 e. The first-order valence-electron chi connectivity index (χ1n) is 8.94. The number of hydrogen-bond donors (Lipinski definition) is 1. The topological polar surface area (TPSA) is 116 Å². The standard InChI is InChI=1S/C19H23N3O6S/c1-19(2,3)18(23)28-11-6-10-7-12(21-15(10)13(8-11)22(24)25)16-20-9-14(29-16)17(26-4)27-5/h6-8,14,17,21H,9H2,1-5H3. The molecule has 10 heteroatoms. The lowest BCUT2D eigenvalue weighted by atomic mass is 9.97. The molecule has 1 aromatic carbocycles. The van der Waals surface area contributed by atoms with E-state index in [-0.39, 0.29) is 16.7 Å². The number of aromatic amines is 1. The number of hydrogen-bond acceptors (Lipinski definition) is 8. The molecule has 1 unspecified atom stereocenters. The normalized spacial score (nSPS) is 17.0. The molecule has 2 heterocycles. The molecule has 0 spiro atoms. The van der Waals surface area contributed by atoms with Gasteiger partial charge in [0.2, 0.25) is 0 Å². The van der Waals surface area contributed by atoms with Crippen molar-refractivity contribution in [2.75, 3.05) is 20.8 Å². The molecule has 3 rings (SSSR count). The second kappa shape index (κ2) is 8.13. The van der Waals surface area contributed by atoms with Gasteiger partial charge in [0, 0.05) is 19.6 Å². The molecule has 9 nitrogen and oxygen atoms in total. The van der Waals surface area contributed by atoms with Gasteiger partial charge >= 0.3 is 5.97 Å². The van der Waals surface area contributed by atoms with E-state index < -0.39 is 22.6 Å². The van der Waals surface area contributed by atoms with Crippen LogP contribution in [-0.4, -0.2) is 53.2 Å². The number of thioether (sulfide) groups is 1. The second-order valence-corrected chi connectivity index (χ2v) is 8.86. The molecule has 0 radical (unpaired) electrons. The van der Waals surface area contributed by atoms with Crippen LogP contribution in [0.15, 0.2) is 23.2 Å². The molecular formula is C19H23N3O6S. The Labute approximate surface area is 172 Å². The number of carbonyl (C=O) groups is 1. The number of nitro benzene ring substituents is 1. The van der Waals surface area contributed by atoms with Crippen molar-refractivity contribution in [3.05, 3.63) is 34.0 Å². The molecule has 29 heavy (non-hydrogen) atoms. The van der Waals surface area contributed by atoms with E-state index >= 15 is 0 Å². The van der Waals surface area contributed by atoms with Crippen molar-refractivity contribution in [3.63, 3.8) is 0 Å². The van der Waals surface area contributed by atoms with Crippen molar-refractivity contribution < 1.29 is 23.9 Å². The van der Waals surface area contributed by atoms with Gasteiger partial charge in [-0.2, -0.15) is 0 Å². The quantitative estimate of drug-likeness (QED) is 0.249. The SMILES string of the molecule is COC(OC)C1CN=C(c2cc3cc(OC(=O)C(C)(C)C)cc([N+](=O)[O-])c3[nH]2)S1. The lowest BCUT2D eigenvalue weighted by molar-refractivity contribution is -0.383. The van der Waals surface area contributed by atoms with Gasteiger partial charge in [-0.25, -0.2) is 0 Å². The van der Waals surface area contributed by atoms with Crippen molar-refractivity contribution >= 4 is 39.4 Å². The summed E-state index contributed by atoms with van der Waals surface area (Å²) >= 11 is 1.48. The molecule has 0 saturated heterocycles. The molecule has 0 amide bonds. The third kappa shape index (κ3) is 4.44. The number of rotatable bonds is 6. The highest BCUT2D eigenvalue weighted by Crippen LogP contribution is 2.35. The van der Waals surface area contributed by atoms with Crippen LogP contribution in [0, 0.1) is 15.5 Å². The zero-order valence-corrected chi connectivity index (χ0v) is 17.7. The average molecular weight is 421 g/mol. The summed E-state index contributed by atoms with van der Waals surface area (Å²) in [5, 5.41) is 12.8. The van der Waals surface area contributed by atoms with Crippen LogP contribution in [0.2, 0.25) is 0 Å². The van der Waals surface area contributed by atoms with E-state index in [1.54, 1.807) is 47.1 Å². The smallest absolute Gasteiger partial charge is 0.316 e. The highest BCUT2D eigenvalue weighted by molar-refractivity contribution is 8.15. The molecule has 1 N–H and O–H groups in total. The zero-order chi connectivity index (χ0) is 21.3. The maximum absolute atomic E-state index is 12.2. The summed E-state index contributed by atoms with van der Waals surface area (Å²) in [6, 6.07) is 4.63. The zero-order valence-electron chi connectivity index (χ0n) is 16.8. The van der Waals surface area contributed by atoms with Crippen molar-refractivity contribution in [2.45, 2.75) is 32.3 Å². The predicted molar refractivity (Wildman–Crippen MR) is 111 cm³/mol. The second-order valence-electron chi connectivity index (χ2n) is 7.63. The molecule has 0 saturated carbocycles. The largest absolute Gasteiger partial charge is 0.426 e. The van der Waals surface area contributed by atoms with Crippen LogP contribution in [0.25, 0.3) is 10.9 Å². The van der Waals surface area contributed by atoms with Gasteiger partial charge in [0.1, 0.15) is 16.3 Å². The number of esters is 1. The number of nitro groups is 1. The Morgan fingerprint density at radius 3 is 2.59 bits per heavy atom. The summed E-state index contributed by atoms with van der Waals surface area (Å²) in [6.45, 7) is 5.67. The fourth-order valence-electron chi connectivity index (χ4n) is 2.86. The van der Waals surface area contributed by atoms with E-state index in [1.165, 1.54) is 17.8 Å². The number of benzene rings is 1. The number of aromatic nitrogens is 1. The monoisotopic (exact) mass is 421 g/mol. The van der Waals surface area contributed by atoms with Crippen LogP contribution in [0.5, 0.6) is 5.75 Å². The van der Waals surface area contributed by atoms with Crippen LogP contribution in [-0.2, 0) is 14.3 Å². The average Bonchev–Trinajstić information content (AvgIpc) is 3.28. The number of methoxy groups -OCH3 is 2. The number of H-pyrrole nitrogens is 1. The van der Waals surface area contributed by atoms with Crippen LogP contribution in [0.3, 0.4) is 0 Å². The van der Waals surface area contributed by atoms with Crippen LogP contribution < -0.4 is 4.74 Å².